The van der Waals surface area contributed by atoms with Gasteiger partial charge in [-0.05, 0) is 44.4 Å². The summed E-state index contributed by atoms with van der Waals surface area (Å²) in [7, 11) is 0. The molecule has 2 saturated carbocycles. The Morgan fingerprint density at radius 3 is 2.76 bits per heavy atom. The summed E-state index contributed by atoms with van der Waals surface area (Å²) in [5.74, 6) is 2.48. The van der Waals surface area contributed by atoms with E-state index < -0.39 is 0 Å². The highest BCUT2D eigenvalue weighted by atomic mass is 16.2. The molecule has 0 aliphatic heterocycles. The number of rotatable bonds is 5. The SMILES string of the molecule is CCCCC(=O)N/N=C(\C)C1CC2CCC1C2. The Labute approximate surface area is 104 Å². The molecule has 0 aromatic heterocycles. The van der Waals surface area contributed by atoms with Gasteiger partial charge in [0.15, 0.2) is 0 Å². The van der Waals surface area contributed by atoms with Crippen LogP contribution in [0.25, 0.3) is 0 Å². The van der Waals surface area contributed by atoms with Crippen molar-refractivity contribution in [1.82, 2.24) is 5.43 Å². The Morgan fingerprint density at radius 2 is 2.18 bits per heavy atom. The van der Waals surface area contributed by atoms with E-state index in [0.29, 0.717) is 12.3 Å². The van der Waals surface area contributed by atoms with Crippen molar-refractivity contribution >= 4 is 11.6 Å². The maximum atomic E-state index is 11.5. The molecular formula is C14H24N2O. The Bertz CT molecular complexity index is 311. The number of hydrogen-bond donors (Lipinski definition) is 1. The first kappa shape index (κ1) is 12.6. The van der Waals surface area contributed by atoms with Crippen molar-refractivity contribution in [2.45, 2.75) is 58.8 Å². The summed E-state index contributed by atoms with van der Waals surface area (Å²) >= 11 is 0. The van der Waals surface area contributed by atoms with E-state index in [1.165, 1.54) is 25.7 Å². The molecule has 1 N–H and O–H groups in total. The lowest BCUT2D eigenvalue weighted by atomic mass is 9.86. The van der Waals surface area contributed by atoms with Gasteiger partial charge in [-0.15, -0.1) is 0 Å². The van der Waals surface area contributed by atoms with Gasteiger partial charge in [0.1, 0.15) is 0 Å². The number of carbonyl (C=O) groups excluding carboxylic acids is 1. The summed E-state index contributed by atoms with van der Waals surface area (Å²) in [5.41, 5.74) is 3.84. The zero-order valence-electron chi connectivity index (χ0n) is 11.0. The molecule has 0 saturated heterocycles. The second-order valence-corrected chi connectivity index (χ2v) is 5.67. The third kappa shape index (κ3) is 3.08. The number of nitrogens with one attached hydrogen (secondary N) is 1. The fraction of sp³-hybridized carbons (Fsp3) is 0.857. The summed E-state index contributed by atoms with van der Waals surface area (Å²) in [6.07, 6.45) is 8.08. The van der Waals surface area contributed by atoms with Crippen LogP contribution >= 0.6 is 0 Å². The van der Waals surface area contributed by atoms with Gasteiger partial charge < -0.3 is 0 Å². The highest BCUT2D eigenvalue weighted by molar-refractivity contribution is 5.86. The number of amides is 1. The summed E-state index contributed by atoms with van der Waals surface area (Å²) < 4.78 is 0. The molecule has 2 rings (SSSR count). The van der Waals surface area contributed by atoms with Gasteiger partial charge in [-0.1, -0.05) is 19.8 Å². The number of hydrogen-bond acceptors (Lipinski definition) is 2. The molecule has 2 fully saturated rings. The zero-order chi connectivity index (χ0) is 12.3. The van der Waals surface area contributed by atoms with E-state index in [4.69, 9.17) is 0 Å². The zero-order valence-corrected chi connectivity index (χ0v) is 11.0. The second-order valence-electron chi connectivity index (χ2n) is 5.67. The molecule has 2 aliphatic carbocycles. The minimum absolute atomic E-state index is 0.0642. The van der Waals surface area contributed by atoms with Crippen LogP contribution in [0.4, 0.5) is 0 Å². The molecule has 0 spiro atoms. The number of nitrogens with zero attached hydrogens (tertiary/aromatic N) is 1. The fourth-order valence-electron chi connectivity index (χ4n) is 3.38. The normalized spacial score (nSPS) is 31.9. The molecule has 3 unspecified atom stereocenters. The third-order valence-corrected chi connectivity index (χ3v) is 4.39. The fourth-order valence-corrected chi connectivity index (χ4v) is 3.38. The van der Waals surface area contributed by atoms with E-state index in [1.54, 1.807) is 0 Å². The molecule has 0 radical (unpaired) electrons. The molecule has 3 heteroatoms. The van der Waals surface area contributed by atoms with Crippen molar-refractivity contribution in [3.8, 4) is 0 Å². The number of carbonyl (C=O) groups is 1. The molecular weight excluding hydrogens is 212 g/mol. The Balaban J connectivity index is 1.79. The second kappa shape index (κ2) is 5.65. The molecule has 2 aliphatic rings. The van der Waals surface area contributed by atoms with Crippen molar-refractivity contribution in [3.63, 3.8) is 0 Å². The average molecular weight is 236 g/mol. The molecule has 0 aromatic carbocycles. The van der Waals surface area contributed by atoms with Crippen molar-refractivity contribution in [2.75, 3.05) is 0 Å². The molecule has 17 heavy (non-hydrogen) atoms. The molecule has 96 valence electrons. The predicted molar refractivity (Wildman–Crippen MR) is 69.7 cm³/mol. The summed E-state index contributed by atoms with van der Waals surface area (Å²) in [4.78, 5) is 11.5. The van der Waals surface area contributed by atoms with Gasteiger partial charge in [-0.25, -0.2) is 5.43 Å². The lowest BCUT2D eigenvalue weighted by Gasteiger charge is -2.21. The Hall–Kier alpha value is -0.860. The summed E-state index contributed by atoms with van der Waals surface area (Å²) in [6.45, 7) is 4.17. The van der Waals surface area contributed by atoms with Crippen LogP contribution in [0.1, 0.15) is 58.8 Å². The molecule has 1 amide bonds. The number of unbranched alkanes of at least 4 members (excludes halogenated alkanes) is 1. The first-order valence-corrected chi connectivity index (χ1v) is 7.03. The standard InChI is InChI=1S/C14H24N2O/c1-3-4-5-14(17)16-15-10(2)13-9-11-6-7-12(13)8-11/h11-13H,3-9H2,1-2H3,(H,16,17)/b15-10+. The molecule has 0 heterocycles. The smallest absolute Gasteiger partial charge is 0.240 e. The Kier molecular flexibility index (Phi) is 4.19. The van der Waals surface area contributed by atoms with E-state index in [0.717, 1.165) is 30.4 Å². The number of hydrazone groups is 1. The minimum atomic E-state index is 0.0642. The maximum Gasteiger partial charge on any atom is 0.240 e. The Morgan fingerprint density at radius 1 is 1.35 bits per heavy atom. The van der Waals surface area contributed by atoms with E-state index >= 15 is 0 Å². The largest absolute Gasteiger partial charge is 0.273 e. The van der Waals surface area contributed by atoms with Crippen LogP contribution in [0.3, 0.4) is 0 Å². The molecule has 3 atom stereocenters. The molecule has 3 nitrogen and oxygen atoms in total. The van der Waals surface area contributed by atoms with Crippen LogP contribution in [0.5, 0.6) is 0 Å². The van der Waals surface area contributed by atoms with E-state index in [9.17, 15) is 4.79 Å². The topological polar surface area (TPSA) is 41.5 Å². The first-order valence-electron chi connectivity index (χ1n) is 7.03. The van der Waals surface area contributed by atoms with Crippen LogP contribution in [0.2, 0.25) is 0 Å². The van der Waals surface area contributed by atoms with Gasteiger partial charge in [-0.3, -0.25) is 4.79 Å². The minimum Gasteiger partial charge on any atom is -0.273 e. The number of fused-ring (bicyclic) bond motifs is 2. The highest BCUT2D eigenvalue weighted by Crippen LogP contribution is 2.48. The van der Waals surface area contributed by atoms with Gasteiger partial charge >= 0.3 is 0 Å². The predicted octanol–water partition coefficient (Wildman–Crippen LogP) is 3.10. The van der Waals surface area contributed by atoms with Crippen LogP contribution in [-0.4, -0.2) is 11.6 Å². The molecule has 0 aromatic rings. The van der Waals surface area contributed by atoms with Gasteiger partial charge in [0.05, 0.1) is 0 Å². The van der Waals surface area contributed by atoms with Crippen LogP contribution in [0.15, 0.2) is 5.10 Å². The lowest BCUT2D eigenvalue weighted by molar-refractivity contribution is -0.121. The van der Waals surface area contributed by atoms with Gasteiger partial charge in [0, 0.05) is 18.1 Å². The molecule has 2 bridgehead atoms. The lowest BCUT2D eigenvalue weighted by Crippen LogP contribution is -2.24. The van der Waals surface area contributed by atoms with Crippen LogP contribution in [0, 0.1) is 17.8 Å². The van der Waals surface area contributed by atoms with Gasteiger partial charge in [0.2, 0.25) is 5.91 Å². The average Bonchev–Trinajstić information content (AvgIpc) is 2.95. The van der Waals surface area contributed by atoms with Gasteiger partial charge in [0.25, 0.3) is 0 Å². The quantitative estimate of drug-likeness (QED) is 0.578. The summed E-state index contributed by atoms with van der Waals surface area (Å²) in [6, 6.07) is 0. The van der Waals surface area contributed by atoms with E-state index in [1.807, 2.05) is 0 Å². The monoisotopic (exact) mass is 236 g/mol. The van der Waals surface area contributed by atoms with E-state index in [-0.39, 0.29) is 5.91 Å². The van der Waals surface area contributed by atoms with Crippen molar-refractivity contribution in [3.05, 3.63) is 0 Å². The highest BCUT2D eigenvalue weighted by Gasteiger charge is 2.40. The van der Waals surface area contributed by atoms with Crippen LogP contribution in [-0.2, 0) is 4.79 Å². The first-order chi connectivity index (χ1) is 8.20. The summed E-state index contributed by atoms with van der Waals surface area (Å²) in [5, 5.41) is 4.29. The van der Waals surface area contributed by atoms with Gasteiger partial charge in [-0.2, -0.15) is 5.10 Å². The van der Waals surface area contributed by atoms with Crippen molar-refractivity contribution in [1.29, 1.82) is 0 Å². The van der Waals surface area contributed by atoms with E-state index in [2.05, 4.69) is 24.4 Å². The van der Waals surface area contributed by atoms with Crippen LogP contribution < -0.4 is 5.43 Å². The third-order valence-electron chi connectivity index (χ3n) is 4.39. The van der Waals surface area contributed by atoms with Crippen molar-refractivity contribution < 1.29 is 4.79 Å². The van der Waals surface area contributed by atoms with Crippen molar-refractivity contribution in [2.24, 2.45) is 22.9 Å². The maximum absolute atomic E-state index is 11.5.